The number of amides is 1. The van der Waals surface area contributed by atoms with Gasteiger partial charge in [-0.05, 0) is 72.8 Å². The highest BCUT2D eigenvalue weighted by Crippen LogP contribution is 2.19. The van der Waals surface area contributed by atoms with Gasteiger partial charge in [0, 0.05) is 17.1 Å². The summed E-state index contributed by atoms with van der Waals surface area (Å²) in [5.74, 6) is -1.31. The third-order valence-corrected chi connectivity index (χ3v) is 4.37. The number of hydrogen-bond acceptors (Lipinski definition) is 7. The van der Waals surface area contributed by atoms with Crippen LogP contribution in [0.1, 0.15) is 0 Å². The number of carbonyl (C=O) groups excluding carboxylic acids is 1. The molecule has 0 spiro atoms. The molecule has 34 heavy (non-hydrogen) atoms. The summed E-state index contributed by atoms with van der Waals surface area (Å²) in [6.45, 7) is -0.187. The summed E-state index contributed by atoms with van der Waals surface area (Å²) >= 11 is 0. The number of carbonyl (C=O) groups is 1. The van der Waals surface area contributed by atoms with Gasteiger partial charge < -0.3 is 21.3 Å². The van der Waals surface area contributed by atoms with Crippen LogP contribution in [0.5, 0.6) is 0 Å². The van der Waals surface area contributed by atoms with Crippen molar-refractivity contribution in [1.82, 2.24) is 15.0 Å². The Balaban J connectivity index is 1.50. The molecule has 0 radical (unpaired) electrons. The minimum atomic E-state index is -0.413. The molecule has 0 saturated heterocycles. The van der Waals surface area contributed by atoms with E-state index >= 15 is 0 Å². The van der Waals surface area contributed by atoms with E-state index in [1.165, 1.54) is 72.8 Å². The summed E-state index contributed by atoms with van der Waals surface area (Å²) in [4.78, 5) is 25.0. The molecule has 0 unspecified atom stereocenters. The first kappa shape index (κ1) is 22.5. The highest BCUT2D eigenvalue weighted by Gasteiger charge is 2.10. The van der Waals surface area contributed by atoms with E-state index in [0.717, 1.165) is 0 Å². The molecule has 0 fully saturated rings. The molecule has 172 valence electrons. The average Bonchev–Trinajstić information content (AvgIpc) is 2.82. The van der Waals surface area contributed by atoms with E-state index in [2.05, 4.69) is 36.2 Å². The Labute approximate surface area is 192 Å². The van der Waals surface area contributed by atoms with Crippen LogP contribution in [0.3, 0.4) is 0 Å². The molecule has 0 aliphatic heterocycles. The van der Waals surface area contributed by atoms with Crippen molar-refractivity contribution in [2.45, 2.75) is 0 Å². The molecule has 1 amide bonds. The first-order valence-electron chi connectivity index (χ1n) is 10.0. The van der Waals surface area contributed by atoms with Crippen molar-refractivity contribution in [3.63, 3.8) is 0 Å². The lowest BCUT2D eigenvalue weighted by Crippen LogP contribution is -2.23. The summed E-state index contributed by atoms with van der Waals surface area (Å²) in [6.07, 6.45) is 0. The summed E-state index contributed by atoms with van der Waals surface area (Å²) in [5.41, 5.74) is 1.49. The van der Waals surface area contributed by atoms with Crippen LogP contribution in [0.2, 0.25) is 0 Å². The zero-order chi connectivity index (χ0) is 23.9. The maximum atomic E-state index is 13.2. The molecule has 0 aliphatic rings. The molecule has 1 heterocycles. The second-order valence-corrected chi connectivity index (χ2v) is 6.98. The van der Waals surface area contributed by atoms with Crippen LogP contribution in [0.25, 0.3) is 0 Å². The van der Waals surface area contributed by atoms with Gasteiger partial charge in [-0.15, -0.1) is 0 Å². The minimum Gasteiger partial charge on any atom is -0.345 e. The average molecular weight is 465 g/mol. The molecule has 0 atom stereocenters. The van der Waals surface area contributed by atoms with Gasteiger partial charge in [-0.1, -0.05) is 0 Å². The summed E-state index contributed by atoms with van der Waals surface area (Å²) in [6, 6.07) is 16.5. The molecule has 4 N–H and O–H groups in total. The Bertz CT molecular complexity index is 1200. The van der Waals surface area contributed by atoms with Gasteiger partial charge in [0.15, 0.2) is 0 Å². The fourth-order valence-corrected chi connectivity index (χ4v) is 2.79. The molecular formula is C23H18F3N7O. The van der Waals surface area contributed by atoms with Crippen molar-refractivity contribution in [3.05, 3.63) is 90.2 Å². The van der Waals surface area contributed by atoms with E-state index in [-0.39, 0.29) is 24.4 Å². The van der Waals surface area contributed by atoms with Crippen molar-refractivity contribution in [1.29, 1.82) is 0 Å². The van der Waals surface area contributed by atoms with Crippen LogP contribution >= 0.6 is 0 Å². The van der Waals surface area contributed by atoms with Crippen LogP contribution in [0, 0.1) is 17.5 Å². The molecule has 4 aromatic rings. The second-order valence-electron chi connectivity index (χ2n) is 6.98. The fraction of sp³-hybridized carbons (Fsp3) is 0.0435. The van der Waals surface area contributed by atoms with Crippen molar-refractivity contribution in [2.24, 2.45) is 0 Å². The number of nitrogens with zero attached hydrogens (tertiary/aromatic N) is 3. The molecule has 11 heteroatoms. The van der Waals surface area contributed by atoms with Crippen LogP contribution in [-0.2, 0) is 4.79 Å². The van der Waals surface area contributed by atoms with Gasteiger partial charge in [-0.25, -0.2) is 13.2 Å². The summed E-state index contributed by atoms with van der Waals surface area (Å²) in [5, 5.41) is 11.3. The predicted molar refractivity (Wildman–Crippen MR) is 123 cm³/mol. The molecule has 3 aromatic carbocycles. The smallest absolute Gasteiger partial charge is 0.243 e. The van der Waals surface area contributed by atoms with Crippen molar-refractivity contribution < 1.29 is 18.0 Å². The van der Waals surface area contributed by atoms with Crippen LogP contribution < -0.4 is 21.3 Å². The third-order valence-electron chi connectivity index (χ3n) is 4.37. The SMILES string of the molecule is O=C(CNc1nc(Nc2ccc(F)cc2)nc(Nc2ccc(F)cc2)n1)Nc1ccc(F)cc1. The van der Waals surface area contributed by atoms with E-state index in [1.54, 1.807) is 0 Å². The fourth-order valence-electron chi connectivity index (χ4n) is 2.79. The van der Waals surface area contributed by atoms with Gasteiger partial charge in [0.05, 0.1) is 6.54 Å². The molecule has 1 aromatic heterocycles. The number of halogens is 3. The Morgan fingerprint density at radius 1 is 0.588 bits per heavy atom. The number of aromatic nitrogens is 3. The van der Waals surface area contributed by atoms with Crippen molar-refractivity contribution in [3.8, 4) is 0 Å². The molecule has 0 aliphatic carbocycles. The monoisotopic (exact) mass is 465 g/mol. The first-order valence-corrected chi connectivity index (χ1v) is 10.0. The van der Waals surface area contributed by atoms with E-state index in [0.29, 0.717) is 17.1 Å². The largest absolute Gasteiger partial charge is 0.345 e. The lowest BCUT2D eigenvalue weighted by atomic mass is 10.3. The Kier molecular flexibility index (Phi) is 6.82. The van der Waals surface area contributed by atoms with E-state index in [1.807, 2.05) is 0 Å². The topological polar surface area (TPSA) is 104 Å². The molecule has 0 saturated carbocycles. The molecule has 8 nitrogen and oxygen atoms in total. The minimum absolute atomic E-state index is 0.0680. The first-order chi connectivity index (χ1) is 16.4. The van der Waals surface area contributed by atoms with E-state index < -0.39 is 23.4 Å². The quantitative estimate of drug-likeness (QED) is 0.296. The van der Waals surface area contributed by atoms with Crippen LogP contribution in [0.15, 0.2) is 72.8 Å². The van der Waals surface area contributed by atoms with Crippen LogP contribution in [0.4, 0.5) is 48.1 Å². The maximum Gasteiger partial charge on any atom is 0.243 e. The number of rotatable bonds is 8. The Morgan fingerprint density at radius 2 is 0.971 bits per heavy atom. The Morgan fingerprint density at radius 3 is 1.41 bits per heavy atom. The summed E-state index contributed by atoms with van der Waals surface area (Å²) in [7, 11) is 0. The standard InChI is InChI=1S/C23H18F3N7O/c24-14-1-7-17(8-2-14)28-20(34)13-27-21-31-22(29-18-9-3-15(25)4-10-18)33-23(32-21)30-19-11-5-16(26)6-12-19/h1-12H,13H2,(H,28,34)(H3,27,29,30,31,32,33). The molecule has 4 rings (SSSR count). The lowest BCUT2D eigenvalue weighted by Gasteiger charge is -2.12. The van der Waals surface area contributed by atoms with Gasteiger partial charge in [0.25, 0.3) is 0 Å². The van der Waals surface area contributed by atoms with Gasteiger partial charge in [0.1, 0.15) is 17.5 Å². The number of nitrogens with one attached hydrogen (secondary N) is 4. The third kappa shape index (κ3) is 6.42. The maximum absolute atomic E-state index is 13.2. The second kappa shape index (κ2) is 10.3. The van der Waals surface area contributed by atoms with Crippen LogP contribution in [-0.4, -0.2) is 27.4 Å². The van der Waals surface area contributed by atoms with Gasteiger partial charge in [0.2, 0.25) is 23.8 Å². The number of benzene rings is 3. The number of hydrogen-bond donors (Lipinski definition) is 4. The summed E-state index contributed by atoms with van der Waals surface area (Å²) < 4.78 is 39.4. The zero-order valence-corrected chi connectivity index (χ0v) is 17.5. The molecule has 0 bridgehead atoms. The lowest BCUT2D eigenvalue weighted by molar-refractivity contribution is -0.114. The predicted octanol–water partition coefficient (Wildman–Crippen LogP) is 4.83. The highest BCUT2D eigenvalue weighted by atomic mass is 19.1. The molecular weight excluding hydrogens is 447 g/mol. The van der Waals surface area contributed by atoms with Gasteiger partial charge >= 0.3 is 0 Å². The zero-order valence-electron chi connectivity index (χ0n) is 17.5. The van der Waals surface area contributed by atoms with E-state index in [9.17, 15) is 18.0 Å². The van der Waals surface area contributed by atoms with Crippen molar-refractivity contribution in [2.75, 3.05) is 27.8 Å². The number of anilines is 6. The van der Waals surface area contributed by atoms with E-state index in [4.69, 9.17) is 0 Å². The van der Waals surface area contributed by atoms with Gasteiger partial charge in [-0.2, -0.15) is 15.0 Å². The normalized spacial score (nSPS) is 10.4. The highest BCUT2D eigenvalue weighted by molar-refractivity contribution is 5.93. The van der Waals surface area contributed by atoms with Gasteiger partial charge in [-0.3, -0.25) is 4.79 Å². The van der Waals surface area contributed by atoms with Crippen molar-refractivity contribution >= 4 is 40.8 Å². The Hall–Kier alpha value is -4.67.